The Kier molecular flexibility index (Phi) is 5.63. The van der Waals surface area contributed by atoms with E-state index >= 15 is 0 Å². The Morgan fingerprint density at radius 3 is 2.48 bits per heavy atom. The molecule has 1 aliphatic rings. The Balaban J connectivity index is 1.97. The van der Waals surface area contributed by atoms with Crippen molar-refractivity contribution >= 4 is 14.3 Å². The highest BCUT2D eigenvalue weighted by Crippen LogP contribution is 2.38. The fourth-order valence-electron chi connectivity index (χ4n) is 2.60. The molecule has 0 aliphatic heterocycles. The first-order valence-corrected chi connectivity index (χ1v) is 11.4. The van der Waals surface area contributed by atoms with Gasteiger partial charge in [0.1, 0.15) is 18.7 Å². The molecule has 0 heterocycles. The van der Waals surface area contributed by atoms with Crippen LogP contribution in [0.25, 0.3) is 0 Å². The zero-order valence-electron chi connectivity index (χ0n) is 14.1. The van der Waals surface area contributed by atoms with Gasteiger partial charge < -0.3 is 9.16 Å². The Hall–Kier alpha value is -1.62. The molecule has 0 saturated heterocycles. The fraction of sp³-hybridized carbons (Fsp3) is 0.500. The smallest absolute Gasteiger partial charge is 0.315 e. The number of alkyl halides is 1. The predicted octanol–water partition coefficient (Wildman–Crippen LogP) is 4.61. The summed E-state index contributed by atoms with van der Waals surface area (Å²) in [5, 5.41) is 0. The molecule has 5 heteroatoms. The third-order valence-corrected chi connectivity index (χ3v) is 4.78. The van der Waals surface area contributed by atoms with E-state index in [1.165, 1.54) is 0 Å². The lowest BCUT2D eigenvalue weighted by Gasteiger charge is -2.33. The van der Waals surface area contributed by atoms with Gasteiger partial charge in [-0.1, -0.05) is 30.3 Å². The predicted molar refractivity (Wildman–Crippen MR) is 91.0 cm³/mol. The van der Waals surface area contributed by atoms with Gasteiger partial charge in [-0.3, -0.25) is 4.79 Å². The minimum absolute atomic E-state index is 0.184. The number of hydrogen-bond acceptors (Lipinski definition) is 3. The van der Waals surface area contributed by atoms with E-state index in [4.69, 9.17) is 9.16 Å². The van der Waals surface area contributed by atoms with Crippen LogP contribution in [0.4, 0.5) is 4.39 Å². The van der Waals surface area contributed by atoms with Crippen molar-refractivity contribution in [2.45, 2.75) is 45.5 Å². The SMILES string of the molecule is C[Si](C)(C)OC1=CCC(CF)(C(=O)OCc2ccccc2)CC1. The molecule has 23 heavy (non-hydrogen) atoms. The highest BCUT2D eigenvalue weighted by atomic mass is 28.4. The van der Waals surface area contributed by atoms with Crippen LogP contribution >= 0.6 is 0 Å². The molecular weight excluding hydrogens is 311 g/mol. The maximum absolute atomic E-state index is 13.6. The number of halogens is 1. The maximum Gasteiger partial charge on any atom is 0.315 e. The van der Waals surface area contributed by atoms with Crippen molar-refractivity contribution in [2.75, 3.05) is 6.67 Å². The maximum atomic E-state index is 13.6. The highest BCUT2D eigenvalue weighted by Gasteiger charge is 2.42. The molecule has 1 aromatic carbocycles. The second-order valence-corrected chi connectivity index (χ2v) is 11.5. The molecule has 0 radical (unpaired) electrons. The van der Waals surface area contributed by atoms with Crippen LogP contribution in [0.2, 0.25) is 19.6 Å². The van der Waals surface area contributed by atoms with Gasteiger partial charge >= 0.3 is 5.97 Å². The van der Waals surface area contributed by atoms with Crippen LogP contribution in [0.5, 0.6) is 0 Å². The minimum atomic E-state index is -1.67. The third kappa shape index (κ3) is 4.93. The van der Waals surface area contributed by atoms with E-state index in [0.29, 0.717) is 19.3 Å². The molecule has 126 valence electrons. The molecule has 0 amide bonds. The van der Waals surface area contributed by atoms with Crippen LogP contribution in [-0.2, 0) is 20.6 Å². The lowest BCUT2D eigenvalue weighted by molar-refractivity contribution is -0.159. The van der Waals surface area contributed by atoms with Crippen molar-refractivity contribution in [1.29, 1.82) is 0 Å². The summed E-state index contributed by atoms with van der Waals surface area (Å²) in [7, 11) is -1.67. The molecular formula is C18H25FO3Si. The summed E-state index contributed by atoms with van der Waals surface area (Å²) < 4.78 is 24.9. The Labute approximate surface area is 138 Å². The lowest BCUT2D eigenvalue weighted by atomic mass is 9.77. The summed E-state index contributed by atoms with van der Waals surface area (Å²) in [6, 6.07) is 9.45. The summed E-state index contributed by atoms with van der Waals surface area (Å²) in [4.78, 5) is 12.4. The zero-order chi connectivity index (χ0) is 16.9. The number of ether oxygens (including phenoxy) is 1. The summed E-state index contributed by atoms with van der Waals surface area (Å²) in [5.41, 5.74) is -0.148. The van der Waals surface area contributed by atoms with Crippen LogP contribution in [0.15, 0.2) is 42.2 Å². The second-order valence-electron chi connectivity index (χ2n) is 7.06. The van der Waals surface area contributed by atoms with Crippen LogP contribution in [0.1, 0.15) is 24.8 Å². The second kappa shape index (κ2) is 7.30. The monoisotopic (exact) mass is 336 g/mol. The molecule has 3 nitrogen and oxygen atoms in total. The number of allylic oxidation sites excluding steroid dienone is 2. The fourth-order valence-corrected chi connectivity index (χ4v) is 3.57. The van der Waals surface area contributed by atoms with Gasteiger partial charge in [-0.2, -0.15) is 0 Å². The molecule has 0 saturated carbocycles. The molecule has 0 bridgehead atoms. The number of hydrogen-bond donors (Lipinski definition) is 0. The van der Waals surface area contributed by atoms with E-state index in [1.807, 2.05) is 36.4 Å². The third-order valence-electron chi connectivity index (χ3n) is 3.91. The van der Waals surface area contributed by atoms with Gasteiger partial charge in [-0.15, -0.1) is 0 Å². The molecule has 0 N–H and O–H groups in total. The van der Waals surface area contributed by atoms with Gasteiger partial charge in [0.05, 0.1) is 5.76 Å². The molecule has 2 rings (SSSR count). The minimum Gasteiger partial charge on any atom is -0.548 e. The van der Waals surface area contributed by atoms with Crippen molar-refractivity contribution in [3.63, 3.8) is 0 Å². The Morgan fingerprint density at radius 2 is 1.96 bits per heavy atom. The van der Waals surface area contributed by atoms with Gasteiger partial charge in [0, 0.05) is 6.42 Å². The average Bonchev–Trinajstić information content (AvgIpc) is 2.53. The van der Waals surface area contributed by atoms with Gasteiger partial charge in [0.2, 0.25) is 8.32 Å². The number of rotatable bonds is 6. The Bertz CT molecular complexity index is 565. The summed E-state index contributed by atoms with van der Waals surface area (Å²) in [6.07, 6.45) is 3.24. The number of esters is 1. The summed E-state index contributed by atoms with van der Waals surface area (Å²) >= 11 is 0. The van der Waals surface area contributed by atoms with Crippen LogP contribution < -0.4 is 0 Å². The van der Waals surface area contributed by atoms with Crippen LogP contribution in [0, 0.1) is 5.41 Å². The van der Waals surface area contributed by atoms with Crippen molar-refractivity contribution < 1.29 is 18.3 Å². The molecule has 0 aromatic heterocycles. The van der Waals surface area contributed by atoms with E-state index < -0.39 is 26.4 Å². The largest absolute Gasteiger partial charge is 0.548 e. The van der Waals surface area contributed by atoms with Crippen LogP contribution in [-0.4, -0.2) is 21.0 Å². The van der Waals surface area contributed by atoms with Crippen molar-refractivity contribution in [2.24, 2.45) is 5.41 Å². The van der Waals surface area contributed by atoms with Crippen molar-refractivity contribution in [3.05, 3.63) is 47.7 Å². The molecule has 0 spiro atoms. The number of carbonyl (C=O) groups excluding carboxylic acids is 1. The first-order valence-electron chi connectivity index (χ1n) is 8.00. The molecule has 1 atom stereocenters. The number of carbonyl (C=O) groups is 1. The standard InChI is InChI=1S/C18H25FO3Si/c1-23(2,3)22-16-9-11-18(14-19,12-10-16)17(20)21-13-15-7-5-4-6-8-15/h4-9H,10-14H2,1-3H3. The zero-order valence-corrected chi connectivity index (χ0v) is 15.1. The normalized spacial score (nSPS) is 21.5. The van der Waals surface area contributed by atoms with E-state index in [0.717, 1.165) is 11.3 Å². The van der Waals surface area contributed by atoms with E-state index in [-0.39, 0.29) is 6.61 Å². The van der Waals surface area contributed by atoms with E-state index in [9.17, 15) is 9.18 Å². The quantitative estimate of drug-likeness (QED) is 0.562. The molecule has 1 aliphatic carbocycles. The Morgan fingerprint density at radius 1 is 1.26 bits per heavy atom. The van der Waals surface area contributed by atoms with E-state index in [2.05, 4.69) is 19.6 Å². The lowest BCUT2D eigenvalue weighted by Crippen LogP contribution is -2.37. The number of benzene rings is 1. The topological polar surface area (TPSA) is 35.5 Å². The van der Waals surface area contributed by atoms with E-state index in [1.54, 1.807) is 0 Å². The van der Waals surface area contributed by atoms with Crippen molar-refractivity contribution in [1.82, 2.24) is 0 Å². The first kappa shape index (κ1) is 17.7. The molecule has 1 aromatic rings. The highest BCUT2D eigenvalue weighted by molar-refractivity contribution is 6.70. The van der Waals surface area contributed by atoms with Gasteiger partial charge in [0.15, 0.2) is 0 Å². The van der Waals surface area contributed by atoms with Gasteiger partial charge in [-0.05, 0) is 44.1 Å². The summed E-state index contributed by atoms with van der Waals surface area (Å²) in [6.45, 7) is 5.82. The molecule has 0 fully saturated rings. The first-order chi connectivity index (χ1) is 10.8. The van der Waals surface area contributed by atoms with Gasteiger partial charge in [-0.25, -0.2) is 4.39 Å². The average molecular weight is 336 g/mol. The van der Waals surface area contributed by atoms with Crippen LogP contribution in [0.3, 0.4) is 0 Å². The van der Waals surface area contributed by atoms with Crippen molar-refractivity contribution in [3.8, 4) is 0 Å². The summed E-state index contributed by atoms with van der Waals surface area (Å²) in [5.74, 6) is 0.441. The van der Waals surface area contributed by atoms with Gasteiger partial charge in [0.25, 0.3) is 0 Å². The molecule has 1 unspecified atom stereocenters.